The first kappa shape index (κ1) is 21.8. The van der Waals surface area contributed by atoms with Crippen molar-refractivity contribution in [2.75, 3.05) is 13.1 Å². The predicted octanol–water partition coefficient (Wildman–Crippen LogP) is 3.95. The lowest BCUT2D eigenvalue weighted by Crippen LogP contribution is -2.47. The highest BCUT2D eigenvalue weighted by Crippen LogP contribution is 2.49. The lowest BCUT2D eigenvalue weighted by atomic mass is 9.83. The number of nitrogens with zero attached hydrogens (tertiary/aromatic N) is 1. The summed E-state index contributed by atoms with van der Waals surface area (Å²) in [6.45, 7) is 8.70. The van der Waals surface area contributed by atoms with E-state index < -0.39 is 10.0 Å². The summed E-state index contributed by atoms with van der Waals surface area (Å²) in [5.41, 5.74) is 2.67. The molecule has 1 aromatic carbocycles. The molecule has 4 atom stereocenters. The first-order valence-electron chi connectivity index (χ1n) is 11.5. The quantitative estimate of drug-likeness (QED) is 0.766. The van der Waals surface area contributed by atoms with Gasteiger partial charge in [0.2, 0.25) is 15.9 Å². The lowest BCUT2D eigenvalue weighted by Gasteiger charge is -2.33. The van der Waals surface area contributed by atoms with Crippen molar-refractivity contribution in [1.29, 1.82) is 0 Å². The third-order valence-electron chi connectivity index (χ3n) is 7.83. The van der Waals surface area contributed by atoms with Crippen LogP contribution in [0.1, 0.15) is 62.1 Å². The highest BCUT2D eigenvalue weighted by molar-refractivity contribution is 7.89. The number of fused-ring (bicyclic) bond motifs is 2. The van der Waals surface area contributed by atoms with Gasteiger partial charge in [0.05, 0.1) is 4.90 Å². The van der Waals surface area contributed by atoms with Crippen LogP contribution in [0.4, 0.5) is 0 Å². The van der Waals surface area contributed by atoms with Crippen LogP contribution in [0.15, 0.2) is 17.0 Å². The van der Waals surface area contributed by atoms with E-state index in [0.717, 1.165) is 28.5 Å². The van der Waals surface area contributed by atoms with Gasteiger partial charge < -0.3 is 5.32 Å². The normalized spacial score (nSPS) is 28.6. The summed E-state index contributed by atoms with van der Waals surface area (Å²) in [5.74, 6) is 2.32. The fraction of sp³-hybridized carbons (Fsp3) is 0.708. The summed E-state index contributed by atoms with van der Waals surface area (Å²) in [4.78, 5) is 13.3. The molecule has 0 radical (unpaired) electrons. The van der Waals surface area contributed by atoms with Crippen molar-refractivity contribution in [3.63, 3.8) is 0 Å². The molecule has 166 valence electrons. The predicted molar refractivity (Wildman–Crippen MR) is 119 cm³/mol. The number of amides is 1. The van der Waals surface area contributed by atoms with E-state index >= 15 is 0 Å². The van der Waals surface area contributed by atoms with E-state index in [1.165, 1.54) is 25.7 Å². The Hall–Kier alpha value is -1.40. The van der Waals surface area contributed by atoms with E-state index in [2.05, 4.69) is 12.2 Å². The molecule has 30 heavy (non-hydrogen) atoms. The molecule has 1 aromatic rings. The summed E-state index contributed by atoms with van der Waals surface area (Å²) in [6.07, 6.45) is 6.49. The summed E-state index contributed by atoms with van der Waals surface area (Å²) >= 11 is 0. The van der Waals surface area contributed by atoms with Crippen LogP contribution in [0, 0.1) is 44.4 Å². The zero-order chi connectivity index (χ0) is 21.6. The van der Waals surface area contributed by atoms with Crippen molar-refractivity contribution in [3.05, 3.63) is 28.8 Å². The van der Waals surface area contributed by atoms with Gasteiger partial charge in [-0.1, -0.05) is 24.1 Å². The summed E-state index contributed by atoms with van der Waals surface area (Å²) in [7, 11) is -3.53. The van der Waals surface area contributed by atoms with Crippen LogP contribution in [0.25, 0.3) is 0 Å². The number of nitrogens with one attached hydrogen (secondary N) is 1. The van der Waals surface area contributed by atoms with Crippen LogP contribution < -0.4 is 5.32 Å². The fourth-order valence-electron chi connectivity index (χ4n) is 6.42. The van der Waals surface area contributed by atoms with E-state index in [9.17, 15) is 13.2 Å². The first-order valence-corrected chi connectivity index (χ1v) is 13.0. The Morgan fingerprint density at radius 2 is 1.67 bits per heavy atom. The van der Waals surface area contributed by atoms with Crippen molar-refractivity contribution in [3.8, 4) is 0 Å². The highest BCUT2D eigenvalue weighted by atomic mass is 32.2. The molecule has 2 saturated carbocycles. The average molecular weight is 433 g/mol. The molecular weight excluding hydrogens is 396 g/mol. The molecule has 2 aliphatic carbocycles. The Kier molecular flexibility index (Phi) is 6.01. The van der Waals surface area contributed by atoms with Gasteiger partial charge in [0.1, 0.15) is 0 Å². The fourth-order valence-corrected chi connectivity index (χ4v) is 8.30. The van der Waals surface area contributed by atoms with E-state index in [1.54, 1.807) is 4.31 Å². The summed E-state index contributed by atoms with van der Waals surface area (Å²) < 4.78 is 28.1. The smallest absolute Gasteiger partial charge is 0.243 e. The number of rotatable bonds is 5. The highest BCUT2D eigenvalue weighted by Gasteiger charge is 2.42. The van der Waals surface area contributed by atoms with Crippen LogP contribution in [0.5, 0.6) is 0 Å². The zero-order valence-corrected chi connectivity index (χ0v) is 19.6. The number of carbonyl (C=O) groups is 1. The molecule has 6 heteroatoms. The summed E-state index contributed by atoms with van der Waals surface area (Å²) in [5, 5.41) is 3.28. The first-order chi connectivity index (χ1) is 14.2. The Bertz CT molecular complexity index is 895. The topological polar surface area (TPSA) is 66.5 Å². The second-order valence-corrected chi connectivity index (χ2v) is 11.9. The number of carbonyl (C=O) groups excluding carboxylic acids is 1. The van der Waals surface area contributed by atoms with E-state index in [4.69, 9.17) is 0 Å². The standard InChI is InChI=1S/C24H36N2O3S/c1-15-11-16(2)23(17(3)12-15)30(28,29)26-9-7-20(8-10-26)24(27)25-18(4)22-14-19-5-6-21(22)13-19/h11-12,18-22H,5-10,13-14H2,1-4H3,(H,25,27)/t18-,19+,21-,22+/m0/s1. The van der Waals surface area contributed by atoms with Gasteiger partial charge in [-0.3, -0.25) is 4.79 Å². The Morgan fingerprint density at radius 1 is 1.03 bits per heavy atom. The van der Waals surface area contributed by atoms with Crippen molar-refractivity contribution in [2.45, 2.75) is 77.2 Å². The molecule has 1 amide bonds. The molecule has 5 nitrogen and oxygen atoms in total. The lowest BCUT2D eigenvalue weighted by molar-refractivity contribution is -0.127. The molecule has 0 aromatic heterocycles. The zero-order valence-electron chi connectivity index (χ0n) is 18.8. The van der Waals surface area contributed by atoms with Crippen LogP contribution in [-0.2, 0) is 14.8 Å². The minimum absolute atomic E-state index is 0.0855. The molecular formula is C24H36N2O3S. The van der Waals surface area contributed by atoms with Crippen molar-refractivity contribution in [2.24, 2.45) is 23.7 Å². The number of hydrogen-bond donors (Lipinski definition) is 1. The van der Waals surface area contributed by atoms with Crippen LogP contribution in [-0.4, -0.2) is 37.8 Å². The largest absolute Gasteiger partial charge is 0.353 e. The molecule has 3 fully saturated rings. The van der Waals surface area contributed by atoms with Crippen molar-refractivity contribution < 1.29 is 13.2 Å². The van der Waals surface area contributed by atoms with Gasteiger partial charge in [-0.25, -0.2) is 8.42 Å². The van der Waals surface area contributed by atoms with Gasteiger partial charge in [-0.05, 0) is 88.7 Å². The number of sulfonamides is 1. The van der Waals surface area contributed by atoms with Gasteiger partial charge in [0.25, 0.3) is 0 Å². The van der Waals surface area contributed by atoms with E-state index in [0.29, 0.717) is 36.7 Å². The number of piperidine rings is 1. The summed E-state index contributed by atoms with van der Waals surface area (Å²) in [6, 6.07) is 4.08. The molecule has 1 heterocycles. The second kappa shape index (κ2) is 8.27. The number of aryl methyl sites for hydroxylation is 3. The molecule has 3 aliphatic rings. The van der Waals surface area contributed by atoms with Gasteiger partial charge in [-0.15, -0.1) is 0 Å². The maximum Gasteiger partial charge on any atom is 0.243 e. The van der Waals surface area contributed by atoms with E-state index in [-0.39, 0.29) is 17.9 Å². The Balaban J connectivity index is 1.36. The third-order valence-corrected chi connectivity index (χ3v) is 10.0. The van der Waals surface area contributed by atoms with Crippen LogP contribution >= 0.6 is 0 Å². The van der Waals surface area contributed by atoms with Crippen LogP contribution in [0.2, 0.25) is 0 Å². The van der Waals surface area contributed by atoms with Crippen molar-refractivity contribution >= 4 is 15.9 Å². The molecule has 1 aliphatic heterocycles. The third kappa shape index (κ3) is 4.05. The minimum Gasteiger partial charge on any atom is -0.353 e. The molecule has 1 N–H and O–H groups in total. The molecule has 0 unspecified atom stereocenters. The molecule has 0 spiro atoms. The molecule has 2 bridgehead atoms. The maximum atomic E-state index is 13.3. The van der Waals surface area contributed by atoms with Gasteiger partial charge in [0.15, 0.2) is 0 Å². The monoisotopic (exact) mass is 432 g/mol. The second-order valence-electron chi connectivity index (χ2n) is 10.0. The number of benzene rings is 1. The molecule has 4 rings (SSSR count). The Labute approximate surface area is 181 Å². The van der Waals surface area contributed by atoms with Crippen molar-refractivity contribution in [1.82, 2.24) is 9.62 Å². The maximum absolute atomic E-state index is 13.3. The SMILES string of the molecule is Cc1cc(C)c(S(=O)(=O)N2CCC(C(=O)N[C@@H](C)[C@H]3C[C@@H]4CC[C@H]3C4)CC2)c(C)c1. The average Bonchev–Trinajstić information content (AvgIpc) is 3.30. The molecule has 1 saturated heterocycles. The van der Waals surface area contributed by atoms with Gasteiger partial charge in [0, 0.05) is 25.0 Å². The Morgan fingerprint density at radius 3 is 2.20 bits per heavy atom. The number of hydrogen-bond acceptors (Lipinski definition) is 3. The van der Waals surface area contributed by atoms with Gasteiger partial charge in [-0.2, -0.15) is 4.31 Å². The minimum atomic E-state index is -3.53. The van der Waals surface area contributed by atoms with Crippen LogP contribution in [0.3, 0.4) is 0 Å². The van der Waals surface area contributed by atoms with Gasteiger partial charge >= 0.3 is 0 Å². The van der Waals surface area contributed by atoms with E-state index in [1.807, 2.05) is 32.9 Å².